The molecule has 0 radical (unpaired) electrons. The second-order valence-electron chi connectivity index (χ2n) is 4.71. The summed E-state index contributed by atoms with van der Waals surface area (Å²) in [7, 11) is 0. The number of hydrogen-bond acceptors (Lipinski definition) is 2. The monoisotopic (exact) mass is 219 g/mol. The highest BCUT2D eigenvalue weighted by molar-refractivity contribution is 5.25. The first-order valence-corrected chi connectivity index (χ1v) is 6.20. The molecule has 1 aliphatic rings. The fraction of sp³-hybridized carbons (Fsp3) is 0.571. The molecule has 0 aliphatic heterocycles. The molecule has 0 atom stereocenters. The number of aryl methyl sites for hydroxylation is 1. The fourth-order valence-electron chi connectivity index (χ4n) is 2.28. The largest absolute Gasteiger partial charge is 0.395 e. The molecule has 1 N–H and O–H groups in total. The van der Waals surface area contributed by atoms with Crippen molar-refractivity contribution in [1.82, 2.24) is 4.90 Å². The highest BCUT2D eigenvalue weighted by atomic mass is 16.3. The van der Waals surface area contributed by atoms with Crippen LogP contribution in [0.1, 0.15) is 30.4 Å². The van der Waals surface area contributed by atoms with Gasteiger partial charge in [0.05, 0.1) is 6.61 Å². The van der Waals surface area contributed by atoms with E-state index in [4.69, 9.17) is 5.11 Å². The minimum atomic E-state index is 0.266. The van der Waals surface area contributed by atoms with Crippen LogP contribution in [0.2, 0.25) is 0 Å². The summed E-state index contributed by atoms with van der Waals surface area (Å²) in [6.45, 7) is 4.21. The van der Waals surface area contributed by atoms with Crippen LogP contribution in [0.15, 0.2) is 24.3 Å². The number of hydrogen-bond donors (Lipinski definition) is 1. The summed E-state index contributed by atoms with van der Waals surface area (Å²) in [5.74, 6) is 0. The Balaban J connectivity index is 2.01. The van der Waals surface area contributed by atoms with E-state index in [1.165, 1.54) is 30.4 Å². The molecule has 0 unspecified atom stereocenters. The lowest BCUT2D eigenvalue weighted by Gasteiger charge is -2.37. The molecule has 2 rings (SSSR count). The van der Waals surface area contributed by atoms with Crippen molar-refractivity contribution < 1.29 is 5.11 Å². The van der Waals surface area contributed by atoms with Crippen LogP contribution in [0.3, 0.4) is 0 Å². The summed E-state index contributed by atoms with van der Waals surface area (Å²) in [5, 5.41) is 9.11. The Kier molecular flexibility index (Phi) is 3.97. The molecule has 1 fully saturated rings. The van der Waals surface area contributed by atoms with Crippen LogP contribution >= 0.6 is 0 Å². The minimum Gasteiger partial charge on any atom is -0.395 e. The van der Waals surface area contributed by atoms with E-state index in [9.17, 15) is 0 Å². The third-order valence-electron chi connectivity index (χ3n) is 3.61. The van der Waals surface area contributed by atoms with Crippen molar-refractivity contribution in [3.05, 3.63) is 35.4 Å². The van der Waals surface area contributed by atoms with Crippen molar-refractivity contribution in [3.63, 3.8) is 0 Å². The topological polar surface area (TPSA) is 23.5 Å². The highest BCUT2D eigenvalue weighted by Crippen LogP contribution is 2.26. The van der Waals surface area contributed by atoms with Crippen molar-refractivity contribution in [2.75, 3.05) is 13.2 Å². The highest BCUT2D eigenvalue weighted by Gasteiger charge is 2.24. The van der Waals surface area contributed by atoms with Crippen LogP contribution in [0.5, 0.6) is 0 Å². The molecule has 0 saturated heterocycles. The normalized spacial score (nSPS) is 16.4. The Bertz CT molecular complexity index is 333. The Morgan fingerprint density at radius 2 is 2.06 bits per heavy atom. The van der Waals surface area contributed by atoms with Gasteiger partial charge in [0.2, 0.25) is 0 Å². The van der Waals surface area contributed by atoms with Gasteiger partial charge in [-0.05, 0) is 30.9 Å². The average Bonchev–Trinajstić information content (AvgIpc) is 2.19. The van der Waals surface area contributed by atoms with E-state index in [1.54, 1.807) is 0 Å². The molecule has 0 heterocycles. The standard InChI is InChI=1S/C14H21NO/c1-12-5-2-3-6-13(12)11-15(9-10-16)14-7-4-8-14/h2-3,5-6,14,16H,4,7-11H2,1H3. The minimum absolute atomic E-state index is 0.266. The molecule has 1 aromatic carbocycles. The molecule has 0 bridgehead atoms. The van der Waals surface area contributed by atoms with Gasteiger partial charge in [0.1, 0.15) is 0 Å². The SMILES string of the molecule is Cc1ccccc1CN(CCO)C1CCC1. The average molecular weight is 219 g/mol. The summed E-state index contributed by atoms with van der Waals surface area (Å²) >= 11 is 0. The van der Waals surface area contributed by atoms with Gasteiger partial charge in [-0.25, -0.2) is 0 Å². The van der Waals surface area contributed by atoms with Crippen molar-refractivity contribution in [1.29, 1.82) is 0 Å². The maximum Gasteiger partial charge on any atom is 0.0558 e. The van der Waals surface area contributed by atoms with Gasteiger partial charge in [-0.2, -0.15) is 0 Å². The Morgan fingerprint density at radius 1 is 1.31 bits per heavy atom. The molecule has 1 saturated carbocycles. The summed E-state index contributed by atoms with van der Waals surface area (Å²) < 4.78 is 0. The van der Waals surface area contributed by atoms with E-state index in [0.29, 0.717) is 6.04 Å². The zero-order valence-corrected chi connectivity index (χ0v) is 10.0. The molecule has 1 aromatic rings. The first kappa shape index (κ1) is 11.6. The zero-order valence-electron chi connectivity index (χ0n) is 10.0. The number of rotatable bonds is 5. The van der Waals surface area contributed by atoms with Crippen molar-refractivity contribution in [3.8, 4) is 0 Å². The van der Waals surface area contributed by atoms with Gasteiger partial charge in [-0.15, -0.1) is 0 Å². The van der Waals surface area contributed by atoms with Crippen LogP contribution in [0, 0.1) is 6.92 Å². The van der Waals surface area contributed by atoms with Crippen LogP contribution in [0.25, 0.3) is 0 Å². The lowest BCUT2D eigenvalue weighted by Crippen LogP contribution is -2.41. The lowest BCUT2D eigenvalue weighted by molar-refractivity contribution is 0.0944. The van der Waals surface area contributed by atoms with Gasteiger partial charge in [0, 0.05) is 19.1 Å². The first-order chi connectivity index (χ1) is 7.81. The molecule has 2 heteroatoms. The Labute approximate surface area is 97.9 Å². The van der Waals surface area contributed by atoms with Crippen molar-refractivity contribution in [2.24, 2.45) is 0 Å². The van der Waals surface area contributed by atoms with Crippen molar-refractivity contribution >= 4 is 0 Å². The summed E-state index contributed by atoms with van der Waals surface area (Å²) in [6.07, 6.45) is 3.94. The lowest BCUT2D eigenvalue weighted by atomic mass is 9.91. The van der Waals surface area contributed by atoms with Gasteiger partial charge >= 0.3 is 0 Å². The maximum absolute atomic E-state index is 9.11. The predicted octanol–water partition coefficient (Wildman–Crippen LogP) is 2.34. The summed E-state index contributed by atoms with van der Waals surface area (Å²) in [4.78, 5) is 2.42. The molecule has 2 nitrogen and oxygen atoms in total. The van der Waals surface area contributed by atoms with Crippen LogP contribution in [-0.4, -0.2) is 29.2 Å². The van der Waals surface area contributed by atoms with Gasteiger partial charge in [0.25, 0.3) is 0 Å². The van der Waals surface area contributed by atoms with Gasteiger partial charge < -0.3 is 5.11 Å². The van der Waals surface area contributed by atoms with Crippen LogP contribution in [-0.2, 0) is 6.54 Å². The smallest absolute Gasteiger partial charge is 0.0558 e. The number of benzene rings is 1. The van der Waals surface area contributed by atoms with Gasteiger partial charge in [-0.1, -0.05) is 30.7 Å². The van der Waals surface area contributed by atoms with E-state index in [1.807, 2.05) is 0 Å². The zero-order chi connectivity index (χ0) is 11.4. The molecule has 88 valence electrons. The van der Waals surface area contributed by atoms with E-state index in [-0.39, 0.29) is 6.61 Å². The Hall–Kier alpha value is -0.860. The molecule has 0 spiro atoms. The third kappa shape index (κ3) is 2.63. The second-order valence-corrected chi connectivity index (χ2v) is 4.71. The van der Waals surface area contributed by atoms with E-state index < -0.39 is 0 Å². The number of aliphatic hydroxyl groups is 1. The summed E-state index contributed by atoms with van der Waals surface area (Å²) in [6, 6.07) is 9.23. The predicted molar refractivity (Wildman–Crippen MR) is 66.3 cm³/mol. The van der Waals surface area contributed by atoms with E-state index in [2.05, 4.69) is 36.1 Å². The molecule has 0 amide bonds. The molecule has 0 aromatic heterocycles. The van der Waals surface area contributed by atoms with E-state index in [0.717, 1.165) is 13.1 Å². The molecular formula is C14H21NO. The summed E-state index contributed by atoms with van der Waals surface area (Å²) in [5.41, 5.74) is 2.74. The molecular weight excluding hydrogens is 198 g/mol. The number of aliphatic hydroxyl groups excluding tert-OH is 1. The van der Waals surface area contributed by atoms with E-state index >= 15 is 0 Å². The second kappa shape index (κ2) is 5.46. The van der Waals surface area contributed by atoms with Crippen LogP contribution < -0.4 is 0 Å². The fourth-order valence-corrected chi connectivity index (χ4v) is 2.28. The Morgan fingerprint density at radius 3 is 2.62 bits per heavy atom. The van der Waals surface area contributed by atoms with Crippen molar-refractivity contribution in [2.45, 2.75) is 38.8 Å². The number of nitrogens with zero attached hydrogens (tertiary/aromatic N) is 1. The maximum atomic E-state index is 9.11. The van der Waals surface area contributed by atoms with Crippen LogP contribution in [0.4, 0.5) is 0 Å². The molecule has 1 aliphatic carbocycles. The van der Waals surface area contributed by atoms with Gasteiger partial charge in [0.15, 0.2) is 0 Å². The molecule has 16 heavy (non-hydrogen) atoms. The first-order valence-electron chi connectivity index (χ1n) is 6.20. The van der Waals surface area contributed by atoms with Gasteiger partial charge in [-0.3, -0.25) is 4.90 Å². The quantitative estimate of drug-likeness (QED) is 0.821. The third-order valence-corrected chi connectivity index (χ3v) is 3.61.